The van der Waals surface area contributed by atoms with Crippen molar-refractivity contribution >= 4 is 0 Å². The molecule has 1 rings (SSSR count). The Kier molecular flexibility index (Phi) is 1.93. The number of hydrogen-bond acceptors (Lipinski definition) is 0. The lowest BCUT2D eigenvalue weighted by molar-refractivity contribution is -0.201. The van der Waals surface area contributed by atoms with E-state index in [1.165, 1.54) is 0 Å². The Bertz CT molecular complexity index is 144. The Hall–Kier alpha value is -0.210. The van der Waals surface area contributed by atoms with E-state index in [2.05, 4.69) is 0 Å². The maximum absolute atomic E-state index is 12.3. The van der Waals surface area contributed by atoms with Crippen LogP contribution in [0.25, 0.3) is 0 Å². The lowest BCUT2D eigenvalue weighted by Crippen LogP contribution is -2.30. The van der Waals surface area contributed by atoms with Gasteiger partial charge in [0.2, 0.25) is 0 Å². The zero-order valence-corrected chi connectivity index (χ0v) is 6.83. The largest absolute Gasteiger partial charge is 0.394 e. The monoisotopic (exact) mass is 166 g/mol. The Balaban J connectivity index is 2.68. The molecule has 1 aliphatic rings. The zero-order chi connectivity index (χ0) is 8.70. The number of alkyl halides is 3. The number of rotatable bonds is 2. The second kappa shape index (κ2) is 2.39. The quantitative estimate of drug-likeness (QED) is 0.590. The lowest BCUT2D eigenvalue weighted by Gasteiger charge is -2.24. The molecule has 0 amide bonds. The molecule has 1 fully saturated rings. The highest BCUT2D eigenvalue weighted by molar-refractivity contribution is 5.01. The van der Waals surface area contributed by atoms with Crippen molar-refractivity contribution in [2.24, 2.45) is 11.3 Å². The van der Waals surface area contributed by atoms with Crippen molar-refractivity contribution in [2.45, 2.75) is 39.3 Å². The molecule has 0 radical (unpaired) electrons. The second-order valence-corrected chi connectivity index (χ2v) is 3.46. The van der Waals surface area contributed by atoms with Crippen molar-refractivity contribution in [3.05, 3.63) is 0 Å². The molecule has 0 aliphatic heterocycles. The molecular formula is C8H13F3. The van der Waals surface area contributed by atoms with Gasteiger partial charge in [-0.05, 0) is 18.8 Å². The van der Waals surface area contributed by atoms with E-state index in [4.69, 9.17) is 0 Å². The van der Waals surface area contributed by atoms with E-state index in [1.54, 1.807) is 6.92 Å². The Morgan fingerprint density at radius 1 is 1.36 bits per heavy atom. The third kappa shape index (κ3) is 1.25. The molecule has 3 heteroatoms. The fourth-order valence-corrected chi connectivity index (χ4v) is 1.58. The maximum atomic E-state index is 12.3. The van der Waals surface area contributed by atoms with Crippen LogP contribution in [0.2, 0.25) is 0 Å². The molecule has 0 heterocycles. The summed E-state index contributed by atoms with van der Waals surface area (Å²) in [4.78, 5) is 0. The van der Waals surface area contributed by atoms with Gasteiger partial charge in [0, 0.05) is 0 Å². The Labute approximate surface area is 64.8 Å². The summed E-state index contributed by atoms with van der Waals surface area (Å²) in [6.45, 7) is 3.51. The molecule has 0 nitrogen and oxygen atoms in total. The van der Waals surface area contributed by atoms with Crippen molar-refractivity contribution in [2.75, 3.05) is 0 Å². The normalized spacial score (nSPS) is 24.8. The first-order valence-electron chi connectivity index (χ1n) is 4.01. The van der Waals surface area contributed by atoms with Gasteiger partial charge in [0.15, 0.2) is 0 Å². The Morgan fingerprint density at radius 3 is 1.91 bits per heavy atom. The smallest absolute Gasteiger partial charge is 0.170 e. The summed E-state index contributed by atoms with van der Waals surface area (Å²) in [5.74, 6) is -0.206. The van der Waals surface area contributed by atoms with Crippen molar-refractivity contribution < 1.29 is 13.2 Å². The third-order valence-electron chi connectivity index (χ3n) is 2.91. The van der Waals surface area contributed by atoms with Crippen molar-refractivity contribution in [3.8, 4) is 0 Å². The molecule has 0 spiro atoms. The van der Waals surface area contributed by atoms with Crippen LogP contribution in [-0.2, 0) is 0 Å². The van der Waals surface area contributed by atoms with E-state index in [1.807, 2.05) is 6.92 Å². The fourth-order valence-electron chi connectivity index (χ4n) is 1.58. The molecule has 0 aromatic rings. The molecule has 1 aliphatic carbocycles. The van der Waals surface area contributed by atoms with E-state index in [0.717, 1.165) is 0 Å². The van der Waals surface area contributed by atoms with Gasteiger partial charge in [-0.2, -0.15) is 13.2 Å². The molecule has 0 N–H and O–H groups in total. The lowest BCUT2D eigenvalue weighted by atomic mass is 9.88. The molecule has 1 unspecified atom stereocenters. The van der Waals surface area contributed by atoms with Crippen molar-refractivity contribution in [3.63, 3.8) is 0 Å². The standard InChI is InChI=1S/C8H13F3/c1-3-6(2)7(4-5-7)8(9,10)11/h6H,3-5H2,1-2H3. The van der Waals surface area contributed by atoms with Gasteiger partial charge in [0.05, 0.1) is 5.41 Å². The predicted octanol–water partition coefficient (Wildman–Crippen LogP) is 3.38. The van der Waals surface area contributed by atoms with Gasteiger partial charge in [0.1, 0.15) is 0 Å². The van der Waals surface area contributed by atoms with Gasteiger partial charge in [-0.1, -0.05) is 20.3 Å². The minimum atomic E-state index is -3.97. The first-order valence-corrected chi connectivity index (χ1v) is 4.01. The number of hydrogen-bond donors (Lipinski definition) is 0. The highest BCUT2D eigenvalue weighted by atomic mass is 19.4. The topological polar surface area (TPSA) is 0 Å². The first kappa shape index (κ1) is 8.88. The van der Waals surface area contributed by atoms with Gasteiger partial charge >= 0.3 is 6.18 Å². The van der Waals surface area contributed by atoms with Crippen LogP contribution < -0.4 is 0 Å². The van der Waals surface area contributed by atoms with Crippen LogP contribution in [0.3, 0.4) is 0 Å². The molecule has 66 valence electrons. The summed E-state index contributed by atoms with van der Waals surface area (Å²) in [6.07, 6.45) is -2.67. The highest BCUT2D eigenvalue weighted by Crippen LogP contribution is 2.62. The molecule has 0 saturated heterocycles. The molecular weight excluding hydrogens is 153 g/mol. The molecule has 0 aromatic heterocycles. The molecule has 11 heavy (non-hydrogen) atoms. The summed E-state index contributed by atoms with van der Waals surface area (Å²) in [5, 5.41) is 0. The summed E-state index contributed by atoms with van der Waals surface area (Å²) < 4.78 is 37.0. The summed E-state index contributed by atoms with van der Waals surface area (Å²) in [7, 11) is 0. The molecule has 1 atom stereocenters. The molecule has 0 bridgehead atoms. The van der Waals surface area contributed by atoms with E-state index in [9.17, 15) is 13.2 Å². The summed E-state index contributed by atoms with van der Waals surface area (Å²) in [6, 6.07) is 0. The maximum Gasteiger partial charge on any atom is 0.394 e. The fraction of sp³-hybridized carbons (Fsp3) is 1.00. The average Bonchev–Trinajstić information content (AvgIpc) is 2.63. The SMILES string of the molecule is CCC(C)C1(C(F)(F)F)CC1. The van der Waals surface area contributed by atoms with Gasteiger partial charge in [-0.3, -0.25) is 0 Å². The minimum Gasteiger partial charge on any atom is -0.170 e. The van der Waals surface area contributed by atoms with Gasteiger partial charge in [0.25, 0.3) is 0 Å². The number of halogens is 3. The van der Waals surface area contributed by atoms with Crippen LogP contribution in [-0.4, -0.2) is 6.18 Å². The third-order valence-corrected chi connectivity index (χ3v) is 2.91. The molecule has 0 aromatic carbocycles. The predicted molar refractivity (Wildman–Crippen MR) is 37.2 cm³/mol. The Morgan fingerprint density at radius 2 is 1.82 bits per heavy atom. The van der Waals surface area contributed by atoms with Gasteiger partial charge in [-0.15, -0.1) is 0 Å². The second-order valence-electron chi connectivity index (χ2n) is 3.46. The van der Waals surface area contributed by atoms with Crippen LogP contribution in [0.4, 0.5) is 13.2 Å². The van der Waals surface area contributed by atoms with Crippen LogP contribution in [0.15, 0.2) is 0 Å². The van der Waals surface area contributed by atoms with Crippen molar-refractivity contribution in [1.29, 1.82) is 0 Å². The van der Waals surface area contributed by atoms with Gasteiger partial charge < -0.3 is 0 Å². The van der Waals surface area contributed by atoms with Crippen LogP contribution in [0.1, 0.15) is 33.1 Å². The zero-order valence-electron chi connectivity index (χ0n) is 6.83. The first-order chi connectivity index (χ1) is 4.94. The van der Waals surface area contributed by atoms with E-state index >= 15 is 0 Å². The van der Waals surface area contributed by atoms with Crippen LogP contribution in [0.5, 0.6) is 0 Å². The molecule has 1 saturated carbocycles. The summed E-state index contributed by atoms with van der Waals surface area (Å²) in [5.41, 5.74) is -1.30. The van der Waals surface area contributed by atoms with E-state index in [-0.39, 0.29) is 5.92 Å². The van der Waals surface area contributed by atoms with Crippen LogP contribution >= 0.6 is 0 Å². The van der Waals surface area contributed by atoms with E-state index in [0.29, 0.717) is 19.3 Å². The summed E-state index contributed by atoms with van der Waals surface area (Å²) >= 11 is 0. The minimum absolute atomic E-state index is 0.206. The van der Waals surface area contributed by atoms with Crippen molar-refractivity contribution in [1.82, 2.24) is 0 Å². The van der Waals surface area contributed by atoms with Gasteiger partial charge in [-0.25, -0.2) is 0 Å². The highest BCUT2D eigenvalue weighted by Gasteiger charge is 2.65. The van der Waals surface area contributed by atoms with Crippen LogP contribution in [0, 0.1) is 11.3 Å². The average molecular weight is 166 g/mol. The van der Waals surface area contributed by atoms with E-state index < -0.39 is 11.6 Å².